The number of nitriles is 1. The van der Waals surface area contributed by atoms with E-state index >= 15 is 0 Å². The van der Waals surface area contributed by atoms with Crippen molar-refractivity contribution in [2.75, 3.05) is 60.6 Å². The Morgan fingerprint density at radius 3 is 2.50 bits per heavy atom. The summed E-state index contributed by atoms with van der Waals surface area (Å²) in [4.78, 5) is 19.2. The van der Waals surface area contributed by atoms with E-state index in [1.165, 1.54) is 12.3 Å². The molecule has 0 unspecified atom stereocenters. The van der Waals surface area contributed by atoms with Gasteiger partial charge in [-0.2, -0.15) is 23.4 Å². The van der Waals surface area contributed by atoms with Gasteiger partial charge < -0.3 is 19.4 Å². The van der Waals surface area contributed by atoms with Gasteiger partial charge in [-0.1, -0.05) is 23.7 Å². The number of ether oxygens (including phenoxy) is 1. The zero-order chi connectivity index (χ0) is 26.9. The number of rotatable bonds is 4. The van der Waals surface area contributed by atoms with Gasteiger partial charge in [0.05, 0.1) is 24.5 Å². The Kier molecular flexibility index (Phi) is 7.27. The number of piperazine rings is 1. The molecule has 198 valence electrons. The number of morpholine rings is 1. The maximum atomic E-state index is 13.6. The molecule has 8 nitrogen and oxygen atoms in total. The maximum absolute atomic E-state index is 13.6. The Balaban J connectivity index is 1.54. The van der Waals surface area contributed by atoms with Crippen molar-refractivity contribution in [3.8, 4) is 17.3 Å². The summed E-state index contributed by atoms with van der Waals surface area (Å²) in [6, 6.07) is 11.5. The number of aromatic nitrogens is 3. The Hall–Kier alpha value is -3.62. The van der Waals surface area contributed by atoms with Gasteiger partial charge in [0.2, 0.25) is 5.95 Å². The smallest absolute Gasteiger partial charge is 0.378 e. The zero-order valence-corrected chi connectivity index (χ0v) is 21.4. The fourth-order valence-corrected chi connectivity index (χ4v) is 5.02. The molecule has 0 bridgehead atoms. The molecular formula is C26H25ClF3N7O. The van der Waals surface area contributed by atoms with Gasteiger partial charge in [0.1, 0.15) is 17.5 Å². The molecular weight excluding hydrogens is 519 g/mol. The molecule has 1 atom stereocenters. The monoisotopic (exact) mass is 543 g/mol. The van der Waals surface area contributed by atoms with Crippen molar-refractivity contribution >= 4 is 29.2 Å². The standard InChI is InChI=1S/C26H25ClF3N7O/c1-17-16-36(24-21(26(28,29)30)6-3-7-32-24)8-9-37(17)23-20(15-31)22(18-4-2-5-19(27)14-18)33-25(34-23)35-10-12-38-13-11-35/h2-7,14,17H,8-13,16H2,1H3/t17-/m0/s1. The highest BCUT2D eigenvalue weighted by atomic mass is 35.5. The lowest BCUT2D eigenvalue weighted by atomic mass is 10.0. The summed E-state index contributed by atoms with van der Waals surface area (Å²) in [6.07, 6.45) is -3.14. The lowest BCUT2D eigenvalue weighted by Crippen LogP contribution is -2.53. The third kappa shape index (κ3) is 5.19. The summed E-state index contributed by atoms with van der Waals surface area (Å²) in [5.74, 6) is 0.822. The predicted octanol–water partition coefficient (Wildman–Crippen LogP) is 4.63. The number of hydrogen-bond acceptors (Lipinski definition) is 8. The summed E-state index contributed by atoms with van der Waals surface area (Å²) in [5, 5.41) is 10.7. The molecule has 2 saturated heterocycles. The van der Waals surface area contributed by atoms with Crippen molar-refractivity contribution in [3.63, 3.8) is 0 Å². The molecule has 2 fully saturated rings. The lowest BCUT2D eigenvalue weighted by Gasteiger charge is -2.42. The lowest BCUT2D eigenvalue weighted by molar-refractivity contribution is -0.137. The first kappa shape index (κ1) is 26.0. The van der Waals surface area contributed by atoms with Gasteiger partial charge in [0.25, 0.3) is 0 Å². The average molecular weight is 544 g/mol. The van der Waals surface area contributed by atoms with Gasteiger partial charge in [0.15, 0.2) is 5.82 Å². The molecule has 0 spiro atoms. The summed E-state index contributed by atoms with van der Waals surface area (Å²) in [5.41, 5.74) is 0.665. The quantitative estimate of drug-likeness (QED) is 0.471. The molecule has 0 aliphatic carbocycles. The molecule has 5 rings (SSSR count). The van der Waals surface area contributed by atoms with Crippen LogP contribution in [-0.2, 0) is 10.9 Å². The van der Waals surface area contributed by atoms with Crippen LogP contribution in [0.15, 0.2) is 42.6 Å². The van der Waals surface area contributed by atoms with Crippen molar-refractivity contribution in [1.29, 1.82) is 5.26 Å². The molecule has 0 amide bonds. The molecule has 0 saturated carbocycles. The summed E-state index contributed by atoms with van der Waals surface area (Å²) < 4.78 is 46.4. The zero-order valence-electron chi connectivity index (χ0n) is 20.6. The van der Waals surface area contributed by atoms with Crippen LogP contribution in [0.1, 0.15) is 18.1 Å². The van der Waals surface area contributed by atoms with E-state index < -0.39 is 11.7 Å². The van der Waals surface area contributed by atoms with Crippen molar-refractivity contribution in [3.05, 3.63) is 58.7 Å². The minimum Gasteiger partial charge on any atom is -0.378 e. The highest BCUT2D eigenvalue weighted by Crippen LogP contribution is 2.37. The number of nitrogens with zero attached hydrogens (tertiary/aromatic N) is 7. The number of benzene rings is 1. The van der Waals surface area contributed by atoms with Gasteiger partial charge in [-0.3, -0.25) is 0 Å². The van der Waals surface area contributed by atoms with E-state index in [9.17, 15) is 18.4 Å². The first-order chi connectivity index (χ1) is 18.3. The Morgan fingerprint density at radius 2 is 1.82 bits per heavy atom. The molecule has 12 heteroatoms. The van der Waals surface area contributed by atoms with Crippen LogP contribution in [0, 0.1) is 11.3 Å². The van der Waals surface area contributed by atoms with E-state index in [0.29, 0.717) is 66.5 Å². The summed E-state index contributed by atoms with van der Waals surface area (Å²) >= 11 is 6.25. The fourth-order valence-electron chi connectivity index (χ4n) is 4.83. The van der Waals surface area contributed by atoms with Crippen LogP contribution in [0.4, 0.5) is 30.8 Å². The largest absolute Gasteiger partial charge is 0.419 e. The molecule has 1 aromatic carbocycles. The van der Waals surface area contributed by atoms with E-state index in [2.05, 4.69) is 11.1 Å². The van der Waals surface area contributed by atoms with Gasteiger partial charge in [-0.25, -0.2) is 9.97 Å². The van der Waals surface area contributed by atoms with E-state index in [4.69, 9.17) is 26.3 Å². The third-order valence-corrected chi connectivity index (χ3v) is 6.91. The topological polar surface area (TPSA) is 81.4 Å². The number of anilines is 3. The Labute approximate surface area is 223 Å². The molecule has 2 aliphatic rings. The van der Waals surface area contributed by atoms with E-state index in [1.807, 2.05) is 22.8 Å². The highest BCUT2D eigenvalue weighted by Gasteiger charge is 2.38. The number of pyridine rings is 1. The molecule has 0 radical (unpaired) electrons. The summed E-state index contributed by atoms with van der Waals surface area (Å²) in [7, 11) is 0. The number of hydrogen-bond donors (Lipinski definition) is 0. The van der Waals surface area contributed by atoms with E-state index in [-0.39, 0.29) is 24.9 Å². The first-order valence-corrected chi connectivity index (χ1v) is 12.6. The van der Waals surface area contributed by atoms with Crippen LogP contribution in [0.3, 0.4) is 0 Å². The van der Waals surface area contributed by atoms with Crippen LogP contribution >= 0.6 is 11.6 Å². The van der Waals surface area contributed by atoms with Crippen molar-refractivity contribution in [2.24, 2.45) is 0 Å². The van der Waals surface area contributed by atoms with Crippen molar-refractivity contribution in [2.45, 2.75) is 19.1 Å². The maximum Gasteiger partial charge on any atom is 0.419 e. The fraction of sp³-hybridized carbons (Fsp3) is 0.385. The second kappa shape index (κ2) is 10.6. The summed E-state index contributed by atoms with van der Waals surface area (Å²) in [6.45, 7) is 5.06. The Bertz CT molecular complexity index is 1360. The molecule has 4 heterocycles. The van der Waals surface area contributed by atoms with Gasteiger partial charge in [-0.15, -0.1) is 0 Å². The van der Waals surface area contributed by atoms with Crippen molar-refractivity contribution < 1.29 is 17.9 Å². The predicted molar refractivity (Wildman–Crippen MR) is 138 cm³/mol. The third-order valence-electron chi connectivity index (χ3n) is 6.67. The highest BCUT2D eigenvalue weighted by molar-refractivity contribution is 6.30. The van der Waals surface area contributed by atoms with Gasteiger partial charge >= 0.3 is 6.18 Å². The minimum absolute atomic E-state index is 0.0942. The second-order valence-electron chi connectivity index (χ2n) is 9.15. The van der Waals surface area contributed by atoms with Crippen LogP contribution in [0.5, 0.6) is 0 Å². The van der Waals surface area contributed by atoms with Crippen molar-refractivity contribution in [1.82, 2.24) is 15.0 Å². The van der Waals surface area contributed by atoms with Crippen LogP contribution in [0.25, 0.3) is 11.3 Å². The minimum atomic E-state index is -4.51. The van der Waals surface area contributed by atoms with Gasteiger partial charge in [-0.05, 0) is 31.2 Å². The Morgan fingerprint density at radius 1 is 1.03 bits per heavy atom. The van der Waals surface area contributed by atoms with E-state index in [0.717, 1.165) is 6.07 Å². The molecule has 2 aromatic heterocycles. The molecule has 3 aromatic rings. The van der Waals surface area contributed by atoms with Crippen LogP contribution in [-0.4, -0.2) is 66.9 Å². The molecule has 2 aliphatic heterocycles. The molecule has 0 N–H and O–H groups in total. The average Bonchev–Trinajstić information content (AvgIpc) is 2.92. The van der Waals surface area contributed by atoms with Crippen LogP contribution in [0.2, 0.25) is 5.02 Å². The SMILES string of the molecule is C[C@H]1CN(c2ncccc2C(F)(F)F)CCN1c1nc(N2CCOCC2)nc(-c2cccc(Cl)c2)c1C#N. The number of alkyl halides is 3. The second-order valence-corrected chi connectivity index (χ2v) is 9.59. The van der Waals surface area contributed by atoms with Gasteiger partial charge in [0, 0.05) is 55.5 Å². The molecule has 38 heavy (non-hydrogen) atoms. The first-order valence-electron chi connectivity index (χ1n) is 12.2. The van der Waals surface area contributed by atoms with Crippen LogP contribution < -0.4 is 14.7 Å². The number of halogens is 4. The van der Waals surface area contributed by atoms with E-state index in [1.54, 1.807) is 23.1 Å². The normalized spacial score (nSPS) is 18.4.